The van der Waals surface area contributed by atoms with Gasteiger partial charge in [-0.25, -0.2) is 0 Å². The molecule has 5 heteroatoms. The first-order chi connectivity index (χ1) is 8.39. The summed E-state index contributed by atoms with van der Waals surface area (Å²) in [6.45, 7) is 7.53. The molecular formula is C13H24N2O3. The molecule has 0 unspecified atom stereocenters. The molecule has 1 saturated heterocycles. The van der Waals surface area contributed by atoms with Gasteiger partial charge < -0.3 is 10.0 Å². The highest BCUT2D eigenvalue weighted by atomic mass is 16.4. The lowest BCUT2D eigenvalue weighted by molar-refractivity contribution is -0.151. The van der Waals surface area contributed by atoms with Crippen molar-refractivity contribution in [1.29, 1.82) is 0 Å². The number of carbonyl (C=O) groups is 2. The predicted molar refractivity (Wildman–Crippen MR) is 69.4 cm³/mol. The molecule has 1 fully saturated rings. The van der Waals surface area contributed by atoms with E-state index in [1.165, 1.54) is 6.42 Å². The van der Waals surface area contributed by atoms with Gasteiger partial charge in [-0.05, 0) is 39.7 Å². The van der Waals surface area contributed by atoms with E-state index in [2.05, 4.69) is 0 Å². The Morgan fingerprint density at radius 2 is 1.78 bits per heavy atom. The first-order valence-corrected chi connectivity index (χ1v) is 6.65. The summed E-state index contributed by atoms with van der Waals surface area (Å²) in [4.78, 5) is 26.9. The lowest BCUT2D eigenvalue weighted by Crippen LogP contribution is -2.54. The number of amides is 1. The number of piperidine rings is 1. The fourth-order valence-electron chi connectivity index (χ4n) is 2.25. The van der Waals surface area contributed by atoms with Crippen molar-refractivity contribution in [2.45, 2.75) is 45.6 Å². The molecule has 1 amide bonds. The first-order valence-electron chi connectivity index (χ1n) is 6.65. The van der Waals surface area contributed by atoms with Gasteiger partial charge in [0.05, 0.1) is 6.54 Å². The molecule has 104 valence electrons. The second-order valence-electron chi connectivity index (χ2n) is 5.32. The molecule has 1 heterocycles. The van der Waals surface area contributed by atoms with E-state index in [1.807, 2.05) is 11.8 Å². The minimum absolute atomic E-state index is 0.0471. The molecule has 5 nitrogen and oxygen atoms in total. The predicted octanol–water partition coefficient (Wildman–Crippen LogP) is 1.18. The van der Waals surface area contributed by atoms with Crippen molar-refractivity contribution in [3.05, 3.63) is 0 Å². The fourth-order valence-corrected chi connectivity index (χ4v) is 2.25. The van der Waals surface area contributed by atoms with E-state index in [0.29, 0.717) is 6.54 Å². The minimum Gasteiger partial charge on any atom is -0.480 e. The van der Waals surface area contributed by atoms with Gasteiger partial charge in [0.15, 0.2) is 0 Å². The van der Waals surface area contributed by atoms with Crippen molar-refractivity contribution >= 4 is 11.9 Å². The van der Waals surface area contributed by atoms with Crippen LogP contribution >= 0.6 is 0 Å². The number of carboxylic acids is 1. The van der Waals surface area contributed by atoms with Crippen LogP contribution in [-0.2, 0) is 9.59 Å². The zero-order valence-corrected chi connectivity index (χ0v) is 11.6. The van der Waals surface area contributed by atoms with Crippen molar-refractivity contribution < 1.29 is 14.7 Å². The molecule has 1 rings (SSSR count). The summed E-state index contributed by atoms with van der Waals surface area (Å²) in [6.07, 6.45) is 3.29. The zero-order chi connectivity index (χ0) is 13.8. The van der Waals surface area contributed by atoms with Gasteiger partial charge in [0, 0.05) is 13.1 Å². The van der Waals surface area contributed by atoms with Gasteiger partial charge in [0.25, 0.3) is 0 Å². The van der Waals surface area contributed by atoms with E-state index >= 15 is 0 Å². The maximum atomic E-state index is 12.1. The minimum atomic E-state index is -1.000. The highest BCUT2D eigenvalue weighted by Crippen LogP contribution is 2.16. The highest BCUT2D eigenvalue weighted by Gasteiger charge is 2.35. The average Bonchev–Trinajstić information content (AvgIpc) is 2.36. The molecule has 1 aliphatic heterocycles. The SMILES string of the molecule is CCN(CC(=O)N1CCCCC1)C(C)(C)C(=O)O. The van der Waals surface area contributed by atoms with E-state index in [-0.39, 0.29) is 12.5 Å². The van der Waals surface area contributed by atoms with Crippen LogP contribution < -0.4 is 0 Å². The third-order valence-electron chi connectivity index (χ3n) is 3.73. The van der Waals surface area contributed by atoms with Gasteiger partial charge in [0.2, 0.25) is 5.91 Å². The number of hydrogen-bond acceptors (Lipinski definition) is 3. The molecule has 0 aromatic carbocycles. The van der Waals surface area contributed by atoms with E-state index in [1.54, 1.807) is 18.7 Å². The van der Waals surface area contributed by atoms with Crippen LogP contribution in [-0.4, -0.2) is 58.5 Å². The average molecular weight is 256 g/mol. The Bertz CT molecular complexity index is 309. The van der Waals surface area contributed by atoms with Crippen LogP contribution in [0.4, 0.5) is 0 Å². The van der Waals surface area contributed by atoms with Crippen LogP contribution in [0.3, 0.4) is 0 Å². The Balaban J connectivity index is 2.62. The van der Waals surface area contributed by atoms with Crippen LogP contribution in [0, 0.1) is 0 Å². The van der Waals surface area contributed by atoms with Gasteiger partial charge >= 0.3 is 5.97 Å². The van der Waals surface area contributed by atoms with E-state index < -0.39 is 11.5 Å². The molecule has 0 atom stereocenters. The van der Waals surface area contributed by atoms with Gasteiger partial charge in [0.1, 0.15) is 5.54 Å². The second kappa shape index (κ2) is 6.18. The van der Waals surface area contributed by atoms with Crippen molar-refractivity contribution in [1.82, 2.24) is 9.80 Å². The number of nitrogens with zero attached hydrogens (tertiary/aromatic N) is 2. The first kappa shape index (κ1) is 15.0. The molecule has 1 aliphatic rings. The molecule has 0 bridgehead atoms. The Morgan fingerprint density at radius 1 is 1.22 bits per heavy atom. The Hall–Kier alpha value is -1.10. The number of hydrogen-bond donors (Lipinski definition) is 1. The summed E-state index contributed by atoms with van der Waals surface area (Å²) in [6, 6.07) is 0. The quantitative estimate of drug-likeness (QED) is 0.802. The van der Waals surface area contributed by atoms with Crippen LogP contribution in [0.5, 0.6) is 0 Å². The van der Waals surface area contributed by atoms with E-state index in [4.69, 9.17) is 0 Å². The molecule has 0 saturated carbocycles. The maximum absolute atomic E-state index is 12.1. The van der Waals surface area contributed by atoms with E-state index in [9.17, 15) is 14.7 Å². The van der Waals surface area contributed by atoms with E-state index in [0.717, 1.165) is 25.9 Å². The number of likely N-dealkylation sites (N-methyl/N-ethyl adjacent to an activating group) is 1. The third kappa shape index (κ3) is 3.45. The number of likely N-dealkylation sites (tertiary alicyclic amines) is 1. The molecular weight excluding hydrogens is 232 g/mol. The summed E-state index contributed by atoms with van der Waals surface area (Å²) in [5.41, 5.74) is -1.000. The van der Waals surface area contributed by atoms with Crippen molar-refractivity contribution in [2.24, 2.45) is 0 Å². The fraction of sp³-hybridized carbons (Fsp3) is 0.846. The van der Waals surface area contributed by atoms with Crippen LogP contribution in [0.15, 0.2) is 0 Å². The van der Waals surface area contributed by atoms with Crippen molar-refractivity contribution in [2.75, 3.05) is 26.2 Å². The van der Waals surface area contributed by atoms with Gasteiger partial charge in [-0.1, -0.05) is 6.92 Å². The van der Waals surface area contributed by atoms with Crippen molar-refractivity contribution in [3.63, 3.8) is 0 Å². The number of carbonyl (C=O) groups excluding carboxylic acids is 1. The molecule has 0 spiro atoms. The zero-order valence-electron chi connectivity index (χ0n) is 11.6. The molecule has 18 heavy (non-hydrogen) atoms. The third-order valence-corrected chi connectivity index (χ3v) is 3.73. The Labute approximate surface area is 109 Å². The molecule has 0 radical (unpaired) electrons. The lowest BCUT2D eigenvalue weighted by atomic mass is 10.0. The normalized spacial score (nSPS) is 17.0. The number of rotatable bonds is 5. The lowest BCUT2D eigenvalue weighted by Gasteiger charge is -2.36. The summed E-state index contributed by atoms with van der Waals surface area (Å²) in [7, 11) is 0. The largest absolute Gasteiger partial charge is 0.480 e. The van der Waals surface area contributed by atoms with Gasteiger partial charge in [-0.2, -0.15) is 0 Å². The Morgan fingerprint density at radius 3 is 2.22 bits per heavy atom. The molecule has 1 N–H and O–H groups in total. The summed E-state index contributed by atoms with van der Waals surface area (Å²) in [5, 5.41) is 9.20. The molecule has 0 aromatic heterocycles. The standard InChI is InChI=1S/C13H24N2O3/c1-4-15(13(2,3)12(17)18)10-11(16)14-8-6-5-7-9-14/h4-10H2,1-3H3,(H,17,18). The van der Waals surface area contributed by atoms with Crippen LogP contribution in [0.2, 0.25) is 0 Å². The Kier molecular flexibility index (Phi) is 5.14. The highest BCUT2D eigenvalue weighted by molar-refractivity contribution is 5.81. The summed E-state index contributed by atoms with van der Waals surface area (Å²) in [5.74, 6) is -0.846. The molecule has 0 aliphatic carbocycles. The monoisotopic (exact) mass is 256 g/mol. The topological polar surface area (TPSA) is 60.9 Å². The maximum Gasteiger partial charge on any atom is 0.323 e. The van der Waals surface area contributed by atoms with Crippen molar-refractivity contribution in [3.8, 4) is 0 Å². The smallest absolute Gasteiger partial charge is 0.323 e. The summed E-state index contributed by atoms with van der Waals surface area (Å²) >= 11 is 0. The van der Waals surface area contributed by atoms with Crippen LogP contribution in [0.25, 0.3) is 0 Å². The number of aliphatic carboxylic acids is 1. The summed E-state index contributed by atoms with van der Waals surface area (Å²) < 4.78 is 0. The number of carboxylic acid groups (broad SMARTS) is 1. The van der Waals surface area contributed by atoms with Crippen LogP contribution in [0.1, 0.15) is 40.0 Å². The second-order valence-corrected chi connectivity index (χ2v) is 5.32. The van der Waals surface area contributed by atoms with Gasteiger partial charge in [-0.15, -0.1) is 0 Å². The molecule has 0 aromatic rings. The van der Waals surface area contributed by atoms with Gasteiger partial charge in [-0.3, -0.25) is 14.5 Å².